The fourth-order valence-corrected chi connectivity index (χ4v) is 2.25. The van der Waals surface area contributed by atoms with Crippen molar-refractivity contribution < 1.29 is 19.5 Å². The van der Waals surface area contributed by atoms with Crippen LogP contribution >= 0.6 is 7.92 Å². The quantitative estimate of drug-likeness (QED) is 0.505. The van der Waals surface area contributed by atoms with E-state index in [0.29, 0.717) is 0 Å². The predicted octanol–water partition coefficient (Wildman–Crippen LogP) is 2.26. The van der Waals surface area contributed by atoms with Crippen molar-refractivity contribution in [1.82, 2.24) is 0 Å². The van der Waals surface area contributed by atoms with E-state index < -0.39 is 0 Å². The number of hydrogen-bond donors (Lipinski definition) is 0. The van der Waals surface area contributed by atoms with Crippen molar-refractivity contribution in [3.8, 4) is 0 Å². The van der Waals surface area contributed by atoms with Gasteiger partial charge in [0.25, 0.3) is 0 Å². The van der Waals surface area contributed by atoms with Crippen LogP contribution in [-0.4, -0.2) is 18.5 Å². The Labute approximate surface area is 66.9 Å². The Morgan fingerprint density at radius 2 is 1.12 bits per heavy atom. The molecular weight excluding hydrogens is 204 g/mol. The van der Waals surface area contributed by atoms with E-state index in [-0.39, 0.29) is 27.4 Å². The minimum absolute atomic E-state index is 0. The average molecular weight is 220 g/mol. The third kappa shape index (κ3) is 5.20. The van der Waals surface area contributed by atoms with Gasteiger partial charge in [0.1, 0.15) is 0 Å². The Kier molecular flexibility index (Phi) is 11.9. The number of rotatable bonds is 3. The molecule has 0 spiro atoms. The van der Waals surface area contributed by atoms with Gasteiger partial charge in [-0.25, -0.2) is 0 Å². The Balaban J connectivity index is 0. The molecule has 0 aromatic carbocycles. The van der Waals surface area contributed by atoms with E-state index in [1.165, 1.54) is 18.5 Å². The molecule has 8 heavy (non-hydrogen) atoms. The van der Waals surface area contributed by atoms with Gasteiger partial charge in [-0.15, -0.1) is 0 Å². The van der Waals surface area contributed by atoms with Gasteiger partial charge in [-0.1, -0.05) is 0 Å². The van der Waals surface area contributed by atoms with E-state index >= 15 is 0 Å². The molecule has 0 fully saturated rings. The molecule has 0 rings (SSSR count). The molecule has 52 valence electrons. The van der Waals surface area contributed by atoms with E-state index in [2.05, 4.69) is 20.8 Å². The largest absolute Gasteiger partial charge is 0.0543 e. The van der Waals surface area contributed by atoms with Crippen LogP contribution in [-0.2, 0) is 19.5 Å². The van der Waals surface area contributed by atoms with Gasteiger partial charge in [-0.2, -0.15) is 0 Å². The van der Waals surface area contributed by atoms with Gasteiger partial charge < -0.3 is 0 Å². The van der Waals surface area contributed by atoms with Crippen LogP contribution in [0.1, 0.15) is 20.8 Å². The summed E-state index contributed by atoms with van der Waals surface area (Å²) in [6.45, 7) is 6.92. The molecule has 0 N–H and O–H groups in total. The smallest absolute Gasteiger partial charge is 0.0313 e. The minimum Gasteiger partial charge on any atom is -0.0313 e. The maximum Gasteiger partial charge on any atom is 0.0543 e. The minimum atomic E-state index is 0. The second-order valence-corrected chi connectivity index (χ2v) is 5.43. The van der Waals surface area contributed by atoms with Crippen molar-refractivity contribution in [3.63, 3.8) is 0 Å². The topological polar surface area (TPSA) is 0 Å². The Hall–Kier alpha value is 1.05. The first-order valence-corrected chi connectivity index (χ1v) is 5.30. The van der Waals surface area contributed by atoms with Crippen molar-refractivity contribution >= 4 is 7.92 Å². The fraction of sp³-hybridized carbons (Fsp3) is 1.00. The van der Waals surface area contributed by atoms with Gasteiger partial charge >= 0.3 is 0 Å². The molecule has 2 heteroatoms. The maximum absolute atomic E-state index is 2.31. The third-order valence-corrected chi connectivity index (χ3v) is 4.50. The molecule has 0 aromatic rings. The monoisotopic (exact) mass is 221 g/mol. The average Bonchev–Trinajstić information content (AvgIpc) is 1.72. The molecule has 0 aliphatic heterocycles. The van der Waals surface area contributed by atoms with Gasteiger partial charge in [-0.05, 0) is 28.7 Å². The zero-order valence-corrected chi connectivity index (χ0v) is 8.71. The predicted molar refractivity (Wildman–Crippen MR) is 39.9 cm³/mol. The van der Waals surface area contributed by atoms with E-state index in [0.717, 1.165) is 0 Å². The van der Waals surface area contributed by atoms with Crippen LogP contribution < -0.4 is 0 Å². The molecule has 0 aromatic heterocycles. The van der Waals surface area contributed by atoms with Crippen molar-refractivity contribution in [2.45, 2.75) is 20.8 Å². The van der Waals surface area contributed by atoms with Crippen molar-refractivity contribution in [2.24, 2.45) is 0 Å². The van der Waals surface area contributed by atoms with E-state index in [1.807, 2.05) is 0 Å². The van der Waals surface area contributed by atoms with Crippen LogP contribution in [0.25, 0.3) is 0 Å². The summed E-state index contributed by atoms with van der Waals surface area (Å²) in [4.78, 5) is 0. The standard InChI is InChI=1S/C6H15P.Ru/c1-4-7(5-2)6-3;/h4-6H2,1-3H3;/p+1. The Morgan fingerprint density at radius 3 is 1.12 bits per heavy atom. The summed E-state index contributed by atoms with van der Waals surface area (Å²) < 4.78 is 0. The van der Waals surface area contributed by atoms with Gasteiger partial charge in [0.2, 0.25) is 0 Å². The summed E-state index contributed by atoms with van der Waals surface area (Å²) in [7, 11) is 0.137. The summed E-state index contributed by atoms with van der Waals surface area (Å²) in [6.07, 6.45) is 4.37. The summed E-state index contributed by atoms with van der Waals surface area (Å²) in [6, 6.07) is 0. The van der Waals surface area contributed by atoms with E-state index in [1.54, 1.807) is 0 Å². The Bertz CT molecular complexity index is 30.0. The van der Waals surface area contributed by atoms with Crippen LogP contribution in [0, 0.1) is 0 Å². The number of hydrogen-bond acceptors (Lipinski definition) is 0. The molecule has 0 amide bonds. The van der Waals surface area contributed by atoms with Crippen molar-refractivity contribution in [3.05, 3.63) is 0 Å². The maximum atomic E-state index is 2.31. The Morgan fingerprint density at radius 1 is 0.875 bits per heavy atom. The van der Waals surface area contributed by atoms with E-state index in [9.17, 15) is 0 Å². The van der Waals surface area contributed by atoms with Crippen LogP contribution in [0.15, 0.2) is 0 Å². The summed E-state index contributed by atoms with van der Waals surface area (Å²) in [5.41, 5.74) is 0. The molecule has 0 saturated heterocycles. The van der Waals surface area contributed by atoms with Crippen LogP contribution in [0.3, 0.4) is 0 Å². The van der Waals surface area contributed by atoms with Gasteiger partial charge in [0.15, 0.2) is 0 Å². The summed E-state index contributed by atoms with van der Waals surface area (Å²) >= 11 is 0. The molecule has 0 saturated carbocycles. The normalized spacial score (nSPS) is 9.00. The van der Waals surface area contributed by atoms with Gasteiger partial charge in [0.05, 0.1) is 18.5 Å². The molecule has 0 aliphatic rings. The second kappa shape index (κ2) is 8.05. The zero-order chi connectivity index (χ0) is 5.70. The molecule has 0 radical (unpaired) electrons. The summed E-state index contributed by atoms with van der Waals surface area (Å²) in [5.74, 6) is 0. The van der Waals surface area contributed by atoms with Gasteiger partial charge in [0, 0.05) is 19.5 Å². The molecule has 0 bridgehead atoms. The first-order valence-electron chi connectivity index (χ1n) is 3.18. The first kappa shape index (κ1) is 11.8. The molecule has 0 atom stereocenters. The van der Waals surface area contributed by atoms with Crippen LogP contribution in [0.2, 0.25) is 0 Å². The fourth-order valence-electron chi connectivity index (χ4n) is 0.750. The van der Waals surface area contributed by atoms with E-state index in [4.69, 9.17) is 0 Å². The molecule has 0 nitrogen and oxygen atoms in total. The van der Waals surface area contributed by atoms with Crippen molar-refractivity contribution in [1.29, 1.82) is 0 Å². The zero-order valence-electron chi connectivity index (χ0n) is 5.97. The summed E-state index contributed by atoms with van der Waals surface area (Å²) in [5, 5.41) is 0. The van der Waals surface area contributed by atoms with Gasteiger partial charge in [-0.3, -0.25) is 0 Å². The molecule has 0 aliphatic carbocycles. The first-order chi connectivity index (χ1) is 3.35. The second-order valence-electron chi connectivity index (χ2n) is 1.81. The molecule has 0 unspecified atom stereocenters. The molecular formula is C6H16PRu+. The van der Waals surface area contributed by atoms with Crippen molar-refractivity contribution in [2.75, 3.05) is 18.5 Å². The van der Waals surface area contributed by atoms with Crippen LogP contribution in [0.5, 0.6) is 0 Å². The third-order valence-electron chi connectivity index (χ3n) is 1.50. The van der Waals surface area contributed by atoms with Crippen LogP contribution in [0.4, 0.5) is 0 Å². The SMILES string of the molecule is CC[PH+](CC)CC.[Ru]. The molecule has 0 heterocycles.